The summed E-state index contributed by atoms with van der Waals surface area (Å²) in [5.74, 6) is -0.345. The van der Waals surface area contributed by atoms with E-state index in [4.69, 9.17) is 9.47 Å². The number of hydrogen-bond acceptors (Lipinski definition) is 4. The van der Waals surface area contributed by atoms with E-state index in [2.05, 4.69) is 4.74 Å². The summed E-state index contributed by atoms with van der Waals surface area (Å²) in [5, 5.41) is 0. The summed E-state index contributed by atoms with van der Waals surface area (Å²) in [5.41, 5.74) is 0.546. The molecule has 0 aromatic heterocycles. The molecule has 2 atom stereocenters. The molecule has 134 valence electrons. The van der Waals surface area contributed by atoms with E-state index in [1.165, 1.54) is 12.1 Å². The molecule has 0 spiro atoms. The topological polar surface area (TPSA) is 44.8 Å². The van der Waals surface area contributed by atoms with E-state index in [0.717, 1.165) is 25.7 Å². The average molecular weight is 346 g/mol. The molecule has 24 heavy (non-hydrogen) atoms. The predicted molar refractivity (Wildman–Crippen MR) is 80.8 cm³/mol. The van der Waals surface area contributed by atoms with Crippen molar-refractivity contribution in [2.24, 2.45) is 0 Å². The van der Waals surface area contributed by atoms with Crippen LogP contribution in [-0.2, 0) is 20.7 Å². The molecule has 2 rings (SSSR count). The van der Waals surface area contributed by atoms with Crippen LogP contribution in [0.2, 0.25) is 0 Å². The molecule has 0 radical (unpaired) electrons. The van der Waals surface area contributed by atoms with Crippen LogP contribution in [0.15, 0.2) is 24.3 Å². The van der Waals surface area contributed by atoms with Gasteiger partial charge in [0.25, 0.3) is 0 Å². The maximum Gasteiger partial charge on any atom is 0.422 e. The first kappa shape index (κ1) is 18.6. The summed E-state index contributed by atoms with van der Waals surface area (Å²) >= 11 is 0. The first-order valence-electron chi connectivity index (χ1n) is 7.88. The van der Waals surface area contributed by atoms with E-state index < -0.39 is 18.8 Å². The normalized spacial score (nSPS) is 21.3. The summed E-state index contributed by atoms with van der Waals surface area (Å²) < 4.78 is 52.0. The van der Waals surface area contributed by atoms with Crippen LogP contribution in [0.25, 0.3) is 0 Å². The van der Waals surface area contributed by atoms with Crippen LogP contribution in [0.5, 0.6) is 5.75 Å². The highest BCUT2D eigenvalue weighted by atomic mass is 19.4. The van der Waals surface area contributed by atoms with Gasteiger partial charge in [-0.2, -0.15) is 13.2 Å². The van der Waals surface area contributed by atoms with Gasteiger partial charge in [0.1, 0.15) is 11.9 Å². The fourth-order valence-corrected chi connectivity index (χ4v) is 2.75. The number of hydrogen-bond donors (Lipinski definition) is 0. The van der Waals surface area contributed by atoms with E-state index in [0.29, 0.717) is 5.56 Å². The number of ether oxygens (including phenoxy) is 3. The Labute approximate surface area is 138 Å². The van der Waals surface area contributed by atoms with Crippen molar-refractivity contribution in [3.63, 3.8) is 0 Å². The Morgan fingerprint density at radius 3 is 2.58 bits per heavy atom. The number of alkyl halides is 3. The van der Waals surface area contributed by atoms with Crippen LogP contribution in [0.3, 0.4) is 0 Å². The molecule has 1 aliphatic rings. The third-order valence-corrected chi connectivity index (χ3v) is 3.88. The lowest BCUT2D eigenvalue weighted by Gasteiger charge is -2.29. The third kappa shape index (κ3) is 6.03. The SMILES string of the molecule is CO[C@@H]1CCCC[C@@H]1OC(=O)Cc1cccc(OCC(F)(F)F)c1. The lowest BCUT2D eigenvalue weighted by Crippen LogP contribution is -2.36. The molecule has 1 aromatic rings. The number of carbonyl (C=O) groups is 1. The average Bonchev–Trinajstić information content (AvgIpc) is 2.53. The molecule has 1 aromatic carbocycles. The van der Waals surface area contributed by atoms with Crippen molar-refractivity contribution in [1.29, 1.82) is 0 Å². The van der Waals surface area contributed by atoms with Gasteiger partial charge < -0.3 is 14.2 Å². The van der Waals surface area contributed by atoms with Crippen molar-refractivity contribution in [1.82, 2.24) is 0 Å². The molecule has 1 aliphatic carbocycles. The number of methoxy groups -OCH3 is 1. The zero-order valence-electron chi connectivity index (χ0n) is 13.5. The zero-order chi connectivity index (χ0) is 17.6. The van der Waals surface area contributed by atoms with Crippen molar-refractivity contribution in [3.05, 3.63) is 29.8 Å². The summed E-state index contributed by atoms with van der Waals surface area (Å²) in [7, 11) is 1.60. The largest absolute Gasteiger partial charge is 0.484 e. The van der Waals surface area contributed by atoms with Crippen molar-refractivity contribution < 1.29 is 32.2 Å². The summed E-state index contributed by atoms with van der Waals surface area (Å²) in [6.07, 6.45) is -1.12. The second-order valence-electron chi connectivity index (χ2n) is 5.81. The van der Waals surface area contributed by atoms with E-state index in [-0.39, 0.29) is 24.4 Å². The zero-order valence-corrected chi connectivity index (χ0v) is 13.5. The predicted octanol–water partition coefficient (Wildman–Crippen LogP) is 3.67. The first-order valence-corrected chi connectivity index (χ1v) is 7.88. The molecule has 0 heterocycles. The summed E-state index contributed by atoms with van der Waals surface area (Å²) in [6.45, 7) is -1.36. The van der Waals surface area contributed by atoms with E-state index in [1.54, 1.807) is 19.2 Å². The number of rotatable bonds is 6. The smallest absolute Gasteiger partial charge is 0.422 e. The Morgan fingerprint density at radius 1 is 1.21 bits per heavy atom. The van der Waals surface area contributed by atoms with Gasteiger partial charge in [-0.1, -0.05) is 18.6 Å². The lowest BCUT2D eigenvalue weighted by atomic mass is 9.94. The third-order valence-electron chi connectivity index (χ3n) is 3.88. The molecule has 7 heteroatoms. The minimum absolute atomic E-state index is 0.0177. The monoisotopic (exact) mass is 346 g/mol. The van der Waals surface area contributed by atoms with Gasteiger partial charge in [0.15, 0.2) is 6.61 Å². The van der Waals surface area contributed by atoms with Gasteiger partial charge in [-0.05, 0) is 37.0 Å². The van der Waals surface area contributed by atoms with Gasteiger partial charge in [0.2, 0.25) is 0 Å². The summed E-state index contributed by atoms with van der Waals surface area (Å²) in [4.78, 5) is 12.1. The quantitative estimate of drug-likeness (QED) is 0.737. The van der Waals surface area contributed by atoms with E-state index in [1.807, 2.05) is 0 Å². The Morgan fingerprint density at radius 2 is 1.92 bits per heavy atom. The first-order chi connectivity index (χ1) is 11.4. The molecule has 1 fully saturated rings. The van der Waals surface area contributed by atoms with E-state index in [9.17, 15) is 18.0 Å². The summed E-state index contributed by atoms with van der Waals surface area (Å²) in [6, 6.07) is 6.04. The fourth-order valence-electron chi connectivity index (χ4n) is 2.75. The highest BCUT2D eigenvalue weighted by Gasteiger charge is 2.29. The number of esters is 1. The molecular weight excluding hydrogens is 325 g/mol. The minimum Gasteiger partial charge on any atom is -0.484 e. The van der Waals surface area contributed by atoms with Crippen molar-refractivity contribution >= 4 is 5.97 Å². The molecule has 0 unspecified atom stereocenters. The second-order valence-corrected chi connectivity index (χ2v) is 5.81. The molecule has 0 amide bonds. The van der Waals surface area contributed by atoms with E-state index >= 15 is 0 Å². The fraction of sp³-hybridized carbons (Fsp3) is 0.588. The van der Waals surface area contributed by atoms with Crippen LogP contribution in [-0.4, -0.2) is 38.1 Å². The number of carbonyl (C=O) groups excluding carboxylic acids is 1. The highest BCUT2D eigenvalue weighted by Crippen LogP contribution is 2.24. The second kappa shape index (κ2) is 8.37. The maximum atomic E-state index is 12.2. The van der Waals surface area contributed by atoms with Gasteiger partial charge in [-0.25, -0.2) is 0 Å². The molecule has 0 saturated heterocycles. The van der Waals surface area contributed by atoms with Gasteiger partial charge >= 0.3 is 12.1 Å². The van der Waals surface area contributed by atoms with Gasteiger partial charge in [-0.3, -0.25) is 4.79 Å². The minimum atomic E-state index is -4.40. The Balaban J connectivity index is 1.89. The number of benzene rings is 1. The number of halogens is 3. The van der Waals surface area contributed by atoms with Crippen LogP contribution >= 0.6 is 0 Å². The molecule has 0 bridgehead atoms. The van der Waals surface area contributed by atoms with Crippen LogP contribution in [0.4, 0.5) is 13.2 Å². The lowest BCUT2D eigenvalue weighted by molar-refractivity contribution is -0.158. The highest BCUT2D eigenvalue weighted by molar-refractivity contribution is 5.73. The maximum absolute atomic E-state index is 12.2. The molecule has 4 nitrogen and oxygen atoms in total. The van der Waals surface area contributed by atoms with Crippen LogP contribution in [0, 0.1) is 0 Å². The van der Waals surface area contributed by atoms with Crippen molar-refractivity contribution in [3.8, 4) is 5.75 Å². The Hall–Kier alpha value is -1.76. The molecule has 1 saturated carbocycles. The molecule has 0 aliphatic heterocycles. The molecule has 0 N–H and O–H groups in total. The van der Waals surface area contributed by atoms with Crippen molar-refractivity contribution in [2.75, 3.05) is 13.7 Å². The van der Waals surface area contributed by atoms with Crippen LogP contribution in [0.1, 0.15) is 31.2 Å². The standard InChI is InChI=1S/C17H21F3O4/c1-22-14-7-2-3-8-15(14)24-16(21)10-12-5-4-6-13(9-12)23-11-17(18,19)20/h4-6,9,14-15H,2-3,7-8,10-11H2,1H3/t14-,15+/m1/s1. The van der Waals surface area contributed by atoms with Gasteiger partial charge in [0.05, 0.1) is 12.5 Å². The molecular formula is C17H21F3O4. The Kier molecular flexibility index (Phi) is 6.48. The van der Waals surface area contributed by atoms with Crippen LogP contribution < -0.4 is 4.74 Å². The van der Waals surface area contributed by atoms with Gasteiger partial charge in [-0.15, -0.1) is 0 Å². The Bertz CT molecular complexity index is 545. The van der Waals surface area contributed by atoms with Gasteiger partial charge in [0, 0.05) is 7.11 Å². The van der Waals surface area contributed by atoms with Crippen molar-refractivity contribution in [2.45, 2.75) is 50.5 Å².